The van der Waals surface area contributed by atoms with Crippen LogP contribution in [0.4, 0.5) is 27.6 Å². The van der Waals surface area contributed by atoms with Crippen molar-refractivity contribution in [3.63, 3.8) is 0 Å². The topological polar surface area (TPSA) is 38.3 Å². The first-order chi connectivity index (χ1) is 18.6. The lowest BCUT2D eigenvalue weighted by Crippen LogP contribution is -2.33. The Labute approximate surface area is 220 Å². The molecule has 0 radical (unpaired) electrons. The molecule has 2 aliphatic rings. The first-order valence-corrected chi connectivity index (χ1v) is 12.4. The van der Waals surface area contributed by atoms with E-state index < -0.39 is 40.9 Å². The van der Waals surface area contributed by atoms with Crippen LogP contribution in [0.1, 0.15) is 43.9 Å². The van der Waals surface area contributed by atoms with Crippen molar-refractivity contribution in [2.75, 3.05) is 5.32 Å². The lowest BCUT2D eigenvalue weighted by molar-refractivity contribution is -0.118. The average molecular weight is 536 g/mol. The molecular weight excluding hydrogens is 513 g/mol. The lowest BCUT2D eigenvalue weighted by atomic mass is 9.68. The van der Waals surface area contributed by atoms with Gasteiger partial charge in [0.25, 0.3) is 0 Å². The van der Waals surface area contributed by atoms with Gasteiger partial charge in [-0.2, -0.15) is 8.78 Å². The van der Waals surface area contributed by atoms with Crippen LogP contribution in [-0.2, 0) is 4.79 Å². The maximum atomic E-state index is 14.3. The summed E-state index contributed by atoms with van der Waals surface area (Å²) in [6.07, 6.45) is 0.999. The first-order valence-electron chi connectivity index (χ1n) is 12.4. The number of benzene rings is 4. The quantitative estimate of drug-likeness (QED) is 0.162. The summed E-state index contributed by atoms with van der Waals surface area (Å²) in [5, 5.41) is 5.51. The number of anilines is 1. The van der Waals surface area contributed by atoms with Crippen LogP contribution in [0, 0.1) is 34.5 Å². The number of hydrogen-bond donors (Lipinski definition) is 1. The van der Waals surface area contributed by atoms with Gasteiger partial charge in [-0.25, -0.2) is 13.2 Å². The van der Waals surface area contributed by atoms with Gasteiger partial charge in [-0.3, -0.25) is 4.79 Å². The van der Waals surface area contributed by atoms with Crippen molar-refractivity contribution in [2.45, 2.75) is 32.7 Å². The Balaban J connectivity index is 1.48. The van der Waals surface area contributed by atoms with E-state index >= 15 is 0 Å². The van der Waals surface area contributed by atoms with E-state index in [0.717, 1.165) is 27.6 Å². The molecule has 4 aromatic rings. The molecule has 0 bridgehead atoms. The maximum Gasteiger partial charge on any atom is 0.207 e. The number of nitrogens with one attached hydrogen (secondary N) is 1. The predicted molar refractivity (Wildman–Crippen MR) is 138 cm³/mol. The monoisotopic (exact) mass is 535 g/mol. The Morgan fingerprint density at radius 3 is 2.26 bits per heavy atom. The Morgan fingerprint density at radius 2 is 1.51 bits per heavy atom. The third-order valence-electron chi connectivity index (χ3n) is 7.32. The molecule has 1 N–H and O–H groups in total. The van der Waals surface area contributed by atoms with Crippen LogP contribution in [0.5, 0.6) is 11.5 Å². The Hall–Kier alpha value is -4.20. The van der Waals surface area contributed by atoms with E-state index in [1.165, 1.54) is 18.2 Å². The van der Waals surface area contributed by atoms with Crippen LogP contribution in [0.15, 0.2) is 66.2 Å². The molecule has 0 aromatic heterocycles. The molecule has 0 unspecified atom stereocenters. The molecule has 3 nitrogen and oxygen atoms in total. The highest BCUT2D eigenvalue weighted by molar-refractivity contribution is 6.12. The van der Waals surface area contributed by atoms with Crippen molar-refractivity contribution < 1.29 is 31.5 Å². The minimum atomic E-state index is -2.26. The molecule has 6 rings (SSSR count). The number of carbonyl (C=O) groups is 1. The minimum Gasteiger partial charge on any atom is -0.451 e. The van der Waals surface area contributed by atoms with E-state index in [0.29, 0.717) is 24.0 Å². The van der Waals surface area contributed by atoms with E-state index in [1.54, 1.807) is 6.07 Å². The fourth-order valence-corrected chi connectivity index (χ4v) is 5.64. The second-order valence-corrected chi connectivity index (χ2v) is 10.7. The smallest absolute Gasteiger partial charge is 0.207 e. The summed E-state index contributed by atoms with van der Waals surface area (Å²) in [5.74, 6) is -12.2. The number of halogens is 5. The number of fused-ring (bicyclic) bond motifs is 4. The van der Waals surface area contributed by atoms with Crippen molar-refractivity contribution >= 4 is 27.8 Å². The molecular formula is C31H22F5NO2. The standard InChI is InChI=1S/C31H22F5NO2/c1-31(2)13-19-22-18-9-4-3-6-15(18)10-11-20(22)37-29(23(19)21(38)14-31)16-7-5-8-17(12-16)39-30-27(35)25(33)24(32)26(34)28(30)36/h3-12,29,37H,13-14H2,1-2H3/t29-/m1/s1. The van der Waals surface area contributed by atoms with Gasteiger partial charge >= 0.3 is 0 Å². The number of Topliss-reactive ketones (excluding diaryl/α,β-unsaturated/α-hetero) is 1. The molecule has 1 heterocycles. The maximum absolute atomic E-state index is 14.3. The molecule has 8 heteroatoms. The zero-order valence-electron chi connectivity index (χ0n) is 21.0. The second-order valence-electron chi connectivity index (χ2n) is 10.7. The Bertz CT molecular complexity index is 1700. The average Bonchev–Trinajstić information content (AvgIpc) is 2.92. The van der Waals surface area contributed by atoms with Crippen LogP contribution < -0.4 is 10.1 Å². The Morgan fingerprint density at radius 1 is 0.821 bits per heavy atom. The molecule has 0 amide bonds. The number of carbonyl (C=O) groups excluding carboxylic acids is 1. The van der Waals surface area contributed by atoms with Gasteiger partial charge in [0.1, 0.15) is 5.75 Å². The van der Waals surface area contributed by atoms with Crippen molar-refractivity contribution in [1.29, 1.82) is 0 Å². The highest BCUT2D eigenvalue weighted by Crippen LogP contribution is 2.52. The largest absolute Gasteiger partial charge is 0.451 e. The molecule has 198 valence electrons. The first kappa shape index (κ1) is 25.1. The molecule has 0 saturated heterocycles. The van der Waals surface area contributed by atoms with E-state index in [1.807, 2.05) is 36.4 Å². The summed E-state index contributed by atoms with van der Waals surface area (Å²) in [7, 11) is 0. The normalized spacial score (nSPS) is 18.0. The van der Waals surface area contributed by atoms with Crippen molar-refractivity contribution in [1.82, 2.24) is 0 Å². The Kier molecular flexibility index (Phi) is 5.75. The fraction of sp³-hybridized carbons (Fsp3) is 0.194. The summed E-state index contributed by atoms with van der Waals surface area (Å²) in [5.41, 5.74) is 3.59. The van der Waals surface area contributed by atoms with Crippen molar-refractivity contribution in [3.8, 4) is 11.5 Å². The summed E-state index contributed by atoms with van der Waals surface area (Å²) in [4.78, 5) is 13.6. The van der Waals surface area contributed by atoms with E-state index in [2.05, 4.69) is 19.2 Å². The van der Waals surface area contributed by atoms with Gasteiger partial charge in [0, 0.05) is 23.2 Å². The van der Waals surface area contributed by atoms with Gasteiger partial charge in [-0.15, -0.1) is 0 Å². The van der Waals surface area contributed by atoms with E-state index in [9.17, 15) is 26.7 Å². The van der Waals surface area contributed by atoms with Gasteiger partial charge in [0.05, 0.1) is 6.04 Å². The molecule has 39 heavy (non-hydrogen) atoms. The molecule has 0 saturated carbocycles. The van der Waals surface area contributed by atoms with Crippen LogP contribution in [-0.4, -0.2) is 5.78 Å². The van der Waals surface area contributed by atoms with Gasteiger partial charge in [0.2, 0.25) is 34.8 Å². The van der Waals surface area contributed by atoms with Crippen molar-refractivity contribution in [3.05, 3.63) is 106 Å². The highest BCUT2D eigenvalue weighted by atomic mass is 19.2. The van der Waals surface area contributed by atoms with Crippen LogP contribution in [0.25, 0.3) is 16.3 Å². The van der Waals surface area contributed by atoms with Gasteiger partial charge in [-0.05, 0) is 51.9 Å². The number of ether oxygens (including phenoxy) is 1. The third-order valence-corrected chi connectivity index (χ3v) is 7.32. The summed E-state index contributed by atoms with van der Waals surface area (Å²) < 4.78 is 74.7. The predicted octanol–water partition coefficient (Wildman–Crippen LogP) is 8.64. The third kappa shape index (κ3) is 4.06. The molecule has 1 atom stereocenters. The zero-order chi connectivity index (χ0) is 27.6. The SMILES string of the molecule is CC1(C)CC(=O)C2=C(C1)c1c(ccc3ccccc13)N[C@@H]2c1cccc(Oc2c(F)c(F)c(F)c(F)c2F)c1. The molecule has 0 fully saturated rings. The number of hydrogen-bond acceptors (Lipinski definition) is 3. The lowest BCUT2D eigenvalue weighted by Gasteiger charge is -2.40. The summed E-state index contributed by atoms with van der Waals surface area (Å²) in [6.45, 7) is 4.10. The number of allylic oxidation sites excluding steroid dienone is 1. The van der Waals surface area contributed by atoms with Crippen molar-refractivity contribution in [2.24, 2.45) is 5.41 Å². The van der Waals surface area contributed by atoms with E-state index in [4.69, 9.17) is 4.74 Å². The van der Waals surface area contributed by atoms with Gasteiger partial charge in [0.15, 0.2) is 5.78 Å². The van der Waals surface area contributed by atoms with E-state index in [-0.39, 0.29) is 16.9 Å². The highest BCUT2D eigenvalue weighted by Gasteiger charge is 2.41. The van der Waals surface area contributed by atoms with Gasteiger partial charge in [-0.1, -0.05) is 56.3 Å². The molecule has 1 aliphatic carbocycles. The molecule has 1 aliphatic heterocycles. The summed E-state index contributed by atoms with van der Waals surface area (Å²) in [6, 6.07) is 17.3. The minimum absolute atomic E-state index is 0.0246. The van der Waals surface area contributed by atoms with Crippen LogP contribution in [0.2, 0.25) is 0 Å². The summed E-state index contributed by atoms with van der Waals surface area (Å²) >= 11 is 0. The zero-order valence-corrected chi connectivity index (χ0v) is 21.0. The second kappa shape index (κ2) is 8.93. The molecule has 4 aromatic carbocycles. The number of ketones is 1. The fourth-order valence-electron chi connectivity index (χ4n) is 5.64. The molecule has 0 spiro atoms. The number of rotatable bonds is 3. The van der Waals surface area contributed by atoms with Crippen LogP contribution >= 0.6 is 0 Å². The van der Waals surface area contributed by atoms with Crippen LogP contribution in [0.3, 0.4) is 0 Å². The van der Waals surface area contributed by atoms with Gasteiger partial charge < -0.3 is 10.1 Å².